The molecule has 72 valence electrons. The number of hydrogen-bond acceptors (Lipinski definition) is 3. The van der Waals surface area contributed by atoms with Crippen molar-refractivity contribution in [1.29, 1.82) is 0 Å². The van der Waals surface area contributed by atoms with Crippen molar-refractivity contribution in [2.75, 3.05) is 0 Å². The summed E-state index contributed by atoms with van der Waals surface area (Å²) >= 11 is 1.50. The molecule has 0 saturated heterocycles. The lowest BCUT2D eigenvalue weighted by molar-refractivity contribution is -0.143. The zero-order valence-corrected chi connectivity index (χ0v) is 8.54. The Morgan fingerprint density at radius 1 is 1.69 bits per heavy atom. The molecule has 0 aliphatic rings. The van der Waals surface area contributed by atoms with Crippen LogP contribution in [0.15, 0.2) is 10.9 Å². The minimum Gasteiger partial charge on any atom is -0.481 e. The SMILES string of the molecule is CC(C)C(Cc1cscn1)C(=O)O. The van der Waals surface area contributed by atoms with Crippen molar-refractivity contribution in [2.24, 2.45) is 11.8 Å². The van der Waals surface area contributed by atoms with E-state index in [0.29, 0.717) is 6.42 Å². The Hall–Kier alpha value is -0.900. The van der Waals surface area contributed by atoms with Gasteiger partial charge in [-0.2, -0.15) is 0 Å². The molecule has 13 heavy (non-hydrogen) atoms. The summed E-state index contributed by atoms with van der Waals surface area (Å²) in [5.41, 5.74) is 2.61. The third kappa shape index (κ3) is 2.81. The average molecular weight is 199 g/mol. The number of aliphatic carboxylic acids is 1. The Morgan fingerprint density at radius 2 is 2.38 bits per heavy atom. The fourth-order valence-corrected chi connectivity index (χ4v) is 1.74. The monoisotopic (exact) mass is 199 g/mol. The van der Waals surface area contributed by atoms with Gasteiger partial charge in [0.25, 0.3) is 0 Å². The van der Waals surface area contributed by atoms with E-state index in [-0.39, 0.29) is 11.8 Å². The third-order valence-electron chi connectivity index (χ3n) is 2.03. The average Bonchev–Trinajstić information content (AvgIpc) is 2.50. The Kier molecular flexibility index (Phi) is 3.42. The van der Waals surface area contributed by atoms with E-state index in [1.165, 1.54) is 11.3 Å². The van der Waals surface area contributed by atoms with E-state index in [2.05, 4.69) is 4.98 Å². The summed E-state index contributed by atoms with van der Waals surface area (Å²) in [6.45, 7) is 3.84. The zero-order chi connectivity index (χ0) is 9.84. The molecule has 1 unspecified atom stereocenters. The Labute approximate surface area is 81.4 Å². The first-order chi connectivity index (χ1) is 6.11. The smallest absolute Gasteiger partial charge is 0.307 e. The van der Waals surface area contributed by atoms with Crippen LogP contribution < -0.4 is 0 Å². The van der Waals surface area contributed by atoms with Gasteiger partial charge in [0, 0.05) is 11.8 Å². The molecule has 0 aromatic carbocycles. The zero-order valence-electron chi connectivity index (χ0n) is 7.73. The number of nitrogens with zero attached hydrogens (tertiary/aromatic N) is 1. The van der Waals surface area contributed by atoms with Gasteiger partial charge in [0.15, 0.2) is 0 Å². The first kappa shape index (κ1) is 10.2. The highest BCUT2D eigenvalue weighted by molar-refractivity contribution is 7.07. The van der Waals surface area contributed by atoms with Crippen LogP contribution in [0.5, 0.6) is 0 Å². The van der Waals surface area contributed by atoms with Gasteiger partial charge in [-0.3, -0.25) is 4.79 Å². The van der Waals surface area contributed by atoms with Crippen LogP contribution >= 0.6 is 11.3 Å². The maximum Gasteiger partial charge on any atom is 0.307 e. The van der Waals surface area contributed by atoms with Crippen LogP contribution in [0.2, 0.25) is 0 Å². The topological polar surface area (TPSA) is 50.2 Å². The highest BCUT2D eigenvalue weighted by Crippen LogP contribution is 2.17. The fourth-order valence-electron chi connectivity index (χ4n) is 1.17. The molecular weight excluding hydrogens is 186 g/mol. The van der Waals surface area contributed by atoms with Crippen molar-refractivity contribution in [2.45, 2.75) is 20.3 Å². The van der Waals surface area contributed by atoms with Gasteiger partial charge in [-0.25, -0.2) is 4.98 Å². The lowest BCUT2D eigenvalue weighted by atomic mass is 9.92. The van der Waals surface area contributed by atoms with Crippen molar-refractivity contribution in [3.63, 3.8) is 0 Å². The van der Waals surface area contributed by atoms with E-state index in [1.54, 1.807) is 5.51 Å². The van der Waals surface area contributed by atoms with Crippen LogP contribution in [-0.2, 0) is 11.2 Å². The second kappa shape index (κ2) is 4.37. The maximum absolute atomic E-state index is 10.8. The molecule has 0 aliphatic carbocycles. The van der Waals surface area contributed by atoms with Crippen LogP contribution in [0.4, 0.5) is 0 Å². The highest BCUT2D eigenvalue weighted by atomic mass is 32.1. The van der Waals surface area contributed by atoms with E-state index in [0.717, 1.165) is 5.69 Å². The van der Waals surface area contributed by atoms with Gasteiger partial charge in [-0.15, -0.1) is 11.3 Å². The number of carbonyl (C=O) groups is 1. The normalized spacial score (nSPS) is 13.2. The predicted octanol–water partition coefficient (Wildman–Crippen LogP) is 2.04. The van der Waals surface area contributed by atoms with Crippen LogP contribution in [0, 0.1) is 11.8 Å². The predicted molar refractivity (Wildman–Crippen MR) is 51.8 cm³/mol. The summed E-state index contributed by atoms with van der Waals surface area (Å²) in [5, 5.41) is 10.8. The van der Waals surface area contributed by atoms with E-state index < -0.39 is 5.97 Å². The first-order valence-corrected chi connectivity index (χ1v) is 5.15. The second-order valence-corrected chi connectivity index (χ2v) is 4.09. The van der Waals surface area contributed by atoms with Gasteiger partial charge >= 0.3 is 5.97 Å². The Morgan fingerprint density at radius 3 is 2.77 bits per heavy atom. The van der Waals surface area contributed by atoms with E-state index in [1.807, 2.05) is 19.2 Å². The summed E-state index contributed by atoms with van der Waals surface area (Å²) < 4.78 is 0. The fraction of sp³-hybridized carbons (Fsp3) is 0.556. The lowest BCUT2D eigenvalue weighted by Crippen LogP contribution is -2.22. The molecule has 0 fully saturated rings. The van der Waals surface area contributed by atoms with Crippen molar-refractivity contribution < 1.29 is 9.90 Å². The second-order valence-electron chi connectivity index (χ2n) is 3.37. The maximum atomic E-state index is 10.8. The van der Waals surface area contributed by atoms with Gasteiger partial charge < -0.3 is 5.11 Å². The molecule has 0 amide bonds. The van der Waals surface area contributed by atoms with Crippen LogP contribution in [-0.4, -0.2) is 16.1 Å². The van der Waals surface area contributed by atoms with E-state index >= 15 is 0 Å². The number of thiazole rings is 1. The number of carboxylic acid groups (broad SMARTS) is 1. The number of hydrogen-bond donors (Lipinski definition) is 1. The molecule has 4 heteroatoms. The van der Waals surface area contributed by atoms with Gasteiger partial charge in [0.05, 0.1) is 17.1 Å². The first-order valence-electron chi connectivity index (χ1n) is 4.21. The molecule has 1 N–H and O–H groups in total. The largest absolute Gasteiger partial charge is 0.481 e. The van der Waals surface area contributed by atoms with Crippen molar-refractivity contribution in [3.8, 4) is 0 Å². The van der Waals surface area contributed by atoms with Crippen molar-refractivity contribution in [1.82, 2.24) is 4.98 Å². The van der Waals surface area contributed by atoms with Gasteiger partial charge in [-0.1, -0.05) is 13.8 Å². The molecule has 3 nitrogen and oxygen atoms in total. The summed E-state index contributed by atoms with van der Waals surface area (Å²) in [5.74, 6) is -0.899. The lowest BCUT2D eigenvalue weighted by Gasteiger charge is -2.14. The minimum atomic E-state index is -0.733. The molecule has 1 rings (SSSR count). The number of aromatic nitrogens is 1. The number of rotatable bonds is 4. The van der Waals surface area contributed by atoms with E-state index in [9.17, 15) is 4.79 Å². The Balaban J connectivity index is 2.63. The van der Waals surface area contributed by atoms with Gasteiger partial charge in [0.1, 0.15) is 0 Å². The standard InChI is InChI=1S/C9H13NO2S/c1-6(2)8(9(11)12)3-7-4-13-5-10-7/h4-6,8H,3H2,1-2H3,(H,11,12). The van der Waals surface area contributed by atoms with Crippen molar-refractivity contribution >= 4 is 17.3 Å². The summed E-state index contributed by atoms with van der Waals surface area (Å²) in [6.07, 6.45) is 0.538. The third-order valence-corrected chi connectivity index (χ3v) is 2.67. The molecular formula is C9H13NO2S. The van der Waals surface area contributed by atoms with Crippen molar-refractivity contribution in [3.05, 3.63) is 16.6 Å². The van der Waals surface area contributed by atoms with Gasteiger partial charge in [0.2, 0.25) is 0 Å². The quantitative estimate of drug-likeness (QED) is 0.807. The highest BCUT2D eigenvalue weighted by Gasteiger charge is 2.22. The summed E-state index contributed by atoms with van der Waals surface area (Å²) in [7, 11) is 0. The van der Waals surface area contributed by atoms with Crippen LogP contribution in [0.3, 0.4) is 0 Å². The number of carboxylic acids is 1. The minimum absolute atomic E-state index is 0.152. The molecule has 0 saturated carbocycles. The molecule has 1 aromatic rings. The molecule has 0 radical (unpaired) electrons. The molecule has 1 heterocycles. The van der Waals surface area contributed by atoms with E-state index in [4.69, 9.17) is 5.11 Å². The molecule has 0 spiro atoms. The molecule has 0 aliphatic heterocycles. The molecule has 0 bridgehead atoms. The molecule has 1 aromatic heterocycles. The Bertz CT molecular complexity index is 269. The van der Waals surface area contributed by atoms with Gasteiger partial charge in [-0.05, 0) is 5.92 Å². The summed E-state index contributed by atoms with van der Waals surface area (Å²) in [6, 6.07) is 0. The summed E-state index contributed by atoms with van der Waals surface area (Å²) in [4.78, 5) is 14.9. The van der Waals surface area contributed by atoms with Crippen LogP contribution in [0.25, 0.3) is 0 Å². The molecule has 1 atom stereocenters. The van der Waals surface area contributed by atoms with Crippen LogP contribution in [0.1, 0.15) is 19.5 Å².